The zero-order chi connectivity index (χ0) is 14.2. The quantitative estimate of drug-likeness (QED) is 0.736. The summed E-state index contributed by atoms with van der Waals surface area (Å²) in [6.45, 7) is 11.5. The van der Waals surface area contributed by atoms with Crippen LogP contribution in [0.4, 0.5) is 5.69 Å². The largest absolute Gasteiger partial charge is 0.381 e. The molecule has 1 N–H and O–H groups in total. The predicted molar refractivity (Wildman–Crippen MR) is 87.8 cm³/mol. The molecule has 1 nitrogen and oxygen atoms in total. The van der Waals surface area contributed by atoms with Crippen LogP contribution in [0.5, 0.6) is 0 Å². The minimum atomic E-state index is 0.511. The Hall–Kier alpha value is -0.500. The van der Waals surface area contributed by atoms with Gasteiger partial charge in [0.1, 0.15) is 0 Å². The van der Waals surface area contributed by atoms with E-state index >= 15 is 0 Å². The summed E-state index contributed by atoms with van der Waals surface area (Å²) in [5, 5.41) is 3.79. The molecule has 2 atom stereocenters. The van der Waals surface area contributed by atoms with Gasteiger partial charge in [0.05, 0.1) is 5.69 Å². The third-order valence-electron chi connectivity index (χ3n) is 4.46. The second-order valence-electron chi connectivity index (χ2n) is 7.07. The molecule has 0 bridgehead atoms. The van der Waals surface area contributed by atoms with E-state index in [1.165, 1.54) is 40.5 Å². The van der Waals surface area contributed by atoms with Gasteiger partial charge in [0.2, 0.25) is 0 Å². The second-order valence-corrected chi connectivity index (χ2v) is 7.93. The lowest BCUT2D eigenvalue weighted by Crippen LogP contribution is -2.37. The smallest absolute Gasteiger partial charge is 0.0516 e. The average molecular weight is 324 g/mol. The van der Waals surface area contributed by atoms with E-state index in [0.29, 0.717) is 11.5 Å². The number of aryl methyl sites for hydroxylation is 2. The van der Waals surface area contributed by atoms with Gasteiger partial charge in [-0.15, -0.1) is 0 Å². The van der Waals surface area contributed by atoms with Gasteiger partial charge in [-0.05, 0) is 77.6 Å². The predicted octanol–water partition coefficient (Wildman–Crippen LogP) is 5.69. The van der Waals surface area contributed by atoms with Crippen LogP contribution in [0.25, 0.3) is 0 Å². The molecule has 0 heterocycles. The standard InChI is InChI=1S/C17H26BrN/c1-11-8-12(2)16(14(18)9-11)19-15-6-7-17(4,5)10-13(15)3/h8-9,13,15,19H,6-7,10H2,1-5H3. The molecule has 0 spiro atoms. The molecule has 1 aromatic carbocycles. The van der Waals surface area contributed by atoms with Crippen LogP contribution in [-0.4, -0.2) is 6.04 Å². The topological polar surface area (TPSA) is 12.0 Å². The van der Waals surface area contributed by atoms with Gasteiger partial charge in [0.15, 0.2) is 0 Å². The molecule has 1 aromatic rings. The number of nitrogens with one attached hydrogen (secondary N) is 1. The highest BCUT2D eigenvalue weighted by atomic mass is 79.9. The van der Waals surface area contributed by atoms with Crippen molar-refractivity contribution in [3.05, 3.63) is 27.7 Å². The van der Waals surface area contributed by atoms with Gasteiger partial charge in [0.25, 0.3) is 0 Å². The van der Waals surface area contributed by atoms with Crippen molar-refractivity contribution in [1.29, 1.82) is 0 Å². The summed E-state index contributed by atoms with van der Waals surface area (Å²) in [7, 11) is 0. The molecule has 0 aliphatic heterocycles. The summed E-state index contributed by atoms with van der Waals surface area (Å²) in [6.07, 6.45) is 3.90. The van der Waals surface area contributed by atoms with Gasteiger partial charge < -0.3 is 5.32 Å². The van der Waals surface area contributed by atoms with Gasteiger partial charge in [-0.1, -0.05) is 26.8 Å². The Balaban J connectivity index is 2.14. The third-order valence-corrected chi connectivity index (χ3v) is 5.08. The maximum absolute atomic E-state index is 3.79. The van der Waals surface area contributed by atoms with E-state index in [1.807, 2.05) is 0 Å². The van der Waals surface area contributed by atoms with Crippen LogP contribution in [0.15, 0.2) is 16.6 Å². The number of rotatable bonds is 2. The molecule has 106 valence electrons. The van der Waals surface area contributed by atoms with Crippen LogP contribution < -0.4 is 5.32 Å². The van der Waals surface area contributed by atoms with Crippen molar-refractivity contribution in [3.8, 4) is 0 Å². The minimum absolute atomic E-state index is 0.511. The van der Waals surface area contributed by atoms with Crippen LogP contribution >= 0.6 is 15.9 Å². The number of benzene rings is 1. The highest BCUT2D eigenvalue weighted by Gasteiger charge is 2.32. The maximum Gasteiger partial charge on any atom is 0.0516 e. The van der Waals surface area contributed by atoms with E-state index in [-0.39, 0.29) is 0 Å². The first-order valence-electron chi connectivity index (χ1n) is 7.32. The molecule has 2 unspecified atom stereocenters. The minimum Gasteiger partial charge on any atom is -0.381 e. The van der Waals surface area contributed by atoms with Crippen molar-refractivity contribution in [2.24, 2.45) is 11.3 Å². The first-order chi connectivity index (χ1) is 8.78. The zero-order valence-electron chi connectivity index (χ0n) is 12.8. The number of hydrogen-bond donors (Lipinski definition) is 1. The Kier molecular flexibility index (Phi) is 4.29. The van der Waals surface area contributed by atoms with Crippen molar-refractivity contribution in [2.75, 3.05) is 5.32 Å². The molecule has 1 saturated carbocycles. The van der Waals surface area contributed by atoms with Crippen LogP contribution in [0, 0.1) is 25.2 Å². The molecule has 1 aliphatic rings. The van der Waals surface area contributed by atoms with E-state index in [1.54, 1.807) is 0 Å². The van der Waals surface area contributed by atoms with Crippen molar-refractivity contribution in [1.82, 2.24) is 0 Å². The van der Waals surface area contributed by atoms with Crippen molar-refractivity contribution < 1.29 is 0 Å². The van der Waals surface area contributed by atoms with Crippen molar-refractivity contribution in [2.45, 2.75) is 59.9 Å². The van der Waals surface area contributed by atoms with Crippen LogP contribution in [-0.2, 0) is 0 Å². The molecular weight excluding hydrogens is 298 g/mol. The summed E-state index contributed by atoms with van der Waals surface area (Å²) in [5.74, 6) is 0.733. The Labute approximate surface area is 126 Å². The fraction of sp³-hybridized carbons (Fsp3) is 0.647. The van der Waals surface area contributed by atoms with E-state index in [4.69, 9.17) is 0 Å². The maximum atomic E-state index is 3.79. The molecule has 1 aliphatic carbocycles. The number of anilines is 1. The Morgan fingerprint density at radius 2 is 1.95 bits per heavy atom. The average Bonchev–Trinajstić information content (AvgIpc) is 2.24. The summed E-state index contributed by atoms with van der Waals surface area (Å²) >= 11 is 3.70. The monoisotopic (exact) mass is 323 g/mol. The molecule has 0 amide bonds. The summed E-state index contributed by atoms with van der Waals surface area (Å²) < 4.78 is 1.20. The molecule has 2 heteroatoms. The normalized spacial score (nSPS) is 26.2. The lowest BCUT2D eigenvalue weighted by molar-refractivity contribution is 0.177. The van der Waals surface area contributed by atoms with E-state index in [0.717, 1.165) is 5.92 Å². The van der Waals surface area contributed by atoms with Crippen LogP contribution in [0.2, 0.25) is 0 Å². The molecule has 0 saturated heterocycles. The number of halogens is 1. The van der Waals surface area contributed by atoms with Gasteiger partial charge in [-0.2, -0.15) is 0 Å². The summed E-state index contributed by atoms with van der Waals surface area (Å²) in [4.78, 5) is 0. The van der Waals surface area contributed by atoms with E-state index in [2.05, 4.69) is 68.0 Å². The first-order valence-corrected chi connectivity index (χ1v) is 8.11. The molecule has 2 rings (SSSR count). The van der Waals surface area contributed by atoms with Crippen LogP contribution in [0.3, 0.4) is 0 Å². The fourth-order valence-electron chi connectivity index (χ4n) is 3.45. The second kappa shape index (κ2) is 5.47. The molecule has 1 fully saturated rings. The molecule has 0 aromatic heterocycles. The van der Waals surface area contributed by atoms with E-state index < -0.39 is 0 Å². The van der Waals surface area contributed by atoms with Crippen molar-refractivity contribution in [3.63, 3.8) is 0 Å². The zero-order valence-corrected chi connectivity index (χ0v) is 14.4. The number of hydrogen-bond acceptors (Lipinski definition) is 1. The summed E-state index contributed by atoms with van der Waals surface area (Å²) in [5.41, 5.74) is 4.44. The van der Waals surface area contributed by atoms with Gasteiger partial charge in [-0.3, -0.25) is 0 Å². The molecule has 0 radical (unpaired) electrons. The Morgan fingerprint density at radius 1 is 1.26 bits per heavy atom. The van der Waals surface area contributed by atoms with Gasteiger partial charge >= 0.3 is 0 Å². The molecular formula is C17H26BrN. The lowest BCUT2D eigenvalue weighted by Gasteiger charge is -2.40. The van der Waals surface area contributed by atoms with E-state index in [9.17, 15) is 0 Å². The third kappa shape index (κ3) is 3.53. The Bertz CT molecular complexity index is 441. The van der Waals surface area contributed by atoms with Gasteiger partial charge in [0, 0.05) is 10.5 Å². The molecule has 19 heavy (non-hydrogen) atoms. The van der Waals surface area contributed by atoms with Gasteiger partial charge in [-0.25, -0.2) is 0 Å². The highest BCUT2D eigenvalue weighted by Crippen LogP contribution is 2.40. The fourth-order valence-corrected chi connectivity index (χ4v) is 4.23. The lowest BCUT2D eigenvalue weighted by atomic mass is 9.70. The Morgan fingerprint density at radius 3 is 2.53 bits per heavy atom. The van der Waals surface area contributed by atoms with Crippen LogP contribution in [0.1, 0.15) is 51.2 Å². The first kappa shape index (κ1) is 14.9. The van der Waals surface area contributed by atoms with Crippen molar-refractivity contribution >= 4 is 21.6 Å². The highest BCUT2D eigenvalue weighted by molar-refractivity contribution is 9.10. The SMILES string of the molecule is Cc1cc(C)c(NC2CCC(C)(C)CC2C)c(Br)c1. The summed E-state index contributed by atoms with van der Waals surface area (Å²) in [6, 6.07) is 5.06.